The van der Waals surface area contributed by atoms with E-state index in [9.17, 15) is 22.8 Å². The maximum atomic E-state index is 11.8. The molecule has 0 atom stereocenters. The first kappa shape index (κ1) is 13.0. The van der Waals surface area contributed by atoms with Crippen LogP contribution in [0, 0.1) is 5.92 Å². The molecule has 6 heteroatoms. The second kappa shape index (κ2) is 5.32. The second-order valence-electron chi connectivity index (χ2n) is 3.95. The summed E-state index contributed by atoms with van der Waals surface area (Å²) < 4.78 is 35.3. The van der Waals surface area contributed by atoms with Gasteiger partial charge in [-0.15, -0.1) is 0 Å². The van der Waals surface area contributed by atoms with Crippen molar-refractivity contribution in [1.82, 2.24) is 5.32 Å². The highest BCUT2D eigenvalue weighted by Crippen LogP contribution is 2.26. The van der Waals surface area contributed by atoms with Crippen molar-refractivity contribution in [3.8, 4) is 0 Å². The number of hydrogen-bond acceptors (Lipinski definition) is 2. The Morgan fingerprint density at radius 3 is 2.25 bits per heavy atom. The molecule has 1 aliphatic rings. The van der Waals surface area contributed by atoms with E-state index in [1.807, 2.05) is 0 Å². The van der Waals surface area contributed by atoms with Crippen molar-refractivity contribution < 1.29 is 22.8 Å². The van der Waals surface area contributed by atoms with Gasteiger partial charge in [-0.1, -0.05) is 12.8 Å². The highest BCUT2D eigenvalue weighted by Gasteiger charge is 2.38. The van der Waals surface area contributed by atoms with Crippen molar-refractivity contribution in [3.05, 3.63) is 0 Å². The Hall–Kier alpha value is -1.07. The van der Waals surface area contributed by atoms with Crippen molar-refractivity contribution in [2.45, 2.75) is 38.3 Å². The van der Waals surface area contributed by atoms with Gasteiger partial charge in [0.2, 0.25) is 0 Å². The minimum absolute atomic E-state index is 0.00745. The summed E-state index contributed by atoms with van der Waals surface area (Å²) in [6.45, 7) is -0.228. The molecule has 1 amide bonds. The van der Waals surface area contributed by atoms with Gasteiger partial charge in [-0.2, -0.15) is 13.2 Å². The third-order valence-corrected chi connectivity index (χ3v) is 2.72. The van der Waals surface area contributed by atoms with Crippen molar-refractivity contribution in [2.24, 2.45) is 5.92 Å². The molecule has 0 aromatic rings. The predicted molar refractivity (Wildman–Crippen MR) is 50.6 cm³/mol. The van der Waals surface area contributed by atoms with Crippen LogP contribution in [0.25, 0.3) is 0 Å². The lowest BCUT2D eigenvalue weighted by molar-refractivity contribution is -0.173. The molecule has 0 aromatic heterocycles. The van der Waals surface area contributed by atoms with E-state index in [0.717, 1.165) is 25.7 Å². The Morgan fingerprint density at radius 1 is 1.19 bits per heavy atom. The van der Waals surface area contributed by atoms with Crippen LogP contribution in [-0.4, -0.2) is 24.4 Å². The fourth-order valence-corrected chi connectivity index (χ4v) is 1.85. The zero-order valence-electron chi connectivity index (χ0n) is 8.77. The van der Waals surface area contributed by atoms with Gasteiger partial charge in [0.1, 0.15) is 5.78 Å². The highest BCUT2D eigenvalue weighted by molar-refractivity contribution is 5.84. The van der Waals surface area contributed by atoms with E-state index in [1.54, 1.807) is 5.32 Å². The summed E-state index contributed by atoms with van der Waals surface area (Å²) in [7, 11) is 0. The van der Waals surface area contributed by atoms with Crippen LogP contribution < -0.4 is 5.32 Å². The number of carbonyl (C=O) groups is 2. The lowest BCUT2D eigenvalue weighted by atomic mass is 10.0. The quantitative estimate of drug-likeness (QED) is 0.810. The van der Waals surface area contributed by atoms with Crippen molar-refractivity contribution in [3.63, 3.8) is 0 Å². The van der Waals surface area contributed by atoms with E-state index in [1.165, 1.54) is 0 Å². The molecular formula is C10H14F3NO2. The van der Waals surface area contributed by atoms with E-state index >= 15 is 0 Å². The van der Waals surface area contributed by atoms with E-state index in [-0.39, 0.29) is 24.7 Å². The van der Waals surface area contributed by atoms with Crippen molar-refractivity contribution in [1.29, 1.82) is 0 Å². The number of carbonyl (C=O) groups excluding carboxylic acids is 2. The highest BCUT2D eigenvalue weighted by atomic mass is 19.4. The SMILES string of the molecule is O=C(CCNC(=O)C(F)(F)F)C1CCCC1. The van der Waals surface area contributed by atoms with Gasteiger partial charge in [-0.3, -0.25) is 9.59 Å². The lowest BCUT2D eigenvalue weighted by Crippen LogP contribution is -2.38. The van der Waals surface area contributed by atoms with E-state index < -0.39 is 12.1 Å². The first-order valence-electron chi connectivity index (χ1n) is 5.29. The molecule has 0 spiro atoms. The molecule has 3 nitrogen and oxygen atoms in total. The van der Waals surface area contributed by atoms with Crippen LogP contribution in [0.1, 0.15) is 32.1 Å². The Balaban J connectivity index is 2.20. The van der Waals surface area contributed by atoms with Gasteiger partial charge in [-0.05, 0) is 12.8 Å². The van der Waals surface area contributed by atoms with Gasteiger partial charge in [0, 0.05) is 18.9 Å². The zero-order valence-corrected chi connectivity index (χ0v) is 8.77. The van der Waals surface area contributed by atoms with Gasteiger partial charge in [0.15, 0.2) is 0 Å². The normalized spacial score (nSPS) is 17.4. The van der Waals surface area contributed by atoms with E-state index in [2.05, 4.69) is 0 Å². The van der Waals surface area contributed by atoms with Gasteiger partial charge < -0.3 is 5.32 Å². The Labute approximate surface area is 91.4 Å². The Morgan fingerprint density at radius 2 is 1.75 bits per heavy atom. The number of alkyl halides is 3. The number of halogens is 3. The first-order chi connectivity index (χ1) is 7.41. The molecule has 0 bridgehead atoms. The molecule has 0 saturated heterocycles. The number of hydrogen-bond donors (Lipinski definition) is 1. The third kappa shape index (κ3) is 3.83. The summed E-state index contributed by atoms with van der Waals surface area (Å²) in [5, 5.41) is 1.69. The summed E-state index contributed by atoms with van der Waals surface area (Å²) in [5.74, 6) is -2.03. The fourth-order valence-electron chi connectivity index (χ4n) is 1.85. The minimum atomic E-state index is -4.86. The average Bonchev–Trinajstić information content (AvgIpc) is 2.68. The maximum absolute atomic E-state index is 11.8. The molecule has 0 heterocycles. The molecule has 1 fully saturated rings. The largest absolute Gasteiger partial charge is 0.471 e. The van der Waals surface area contributed by atoms with Crippen molar-refractivity contribution in [2.75, 3.05) is 6.54 Å². The Bertz CT molecular complexity index is 270. The second-order valence-corrected chi connectivity index (χ2v) is 3.95. The van der Waals surface area contributed by atoms with Crippen LogP contribution in [0.5, 0.6) is 0 Å². The van der Waals surface area contributed by atoms with Gasteiger partial charge in [0.25, 0.3) is 0 Å². The molecule has 0 aliphatic heterocycles. The summed E-state index contributed by atoms with van der Waals surface area (Å²) in [4.78, 5) is 21.9. The number of amides is 1. The summed E-state index contributed by atoms with van der Waals surface area (Å²) >= 11 is 0. The molecule has 1 aliphatic carbocycles. The lowest BCUT2D eigenvalue weighted by Gasteiger charge is -2.09. The van der Waals surface area contributed by atoms with Gasteiger partial charge in [-0.25, -0.2) is 0 Å². The number of Topliss-reactive ketones (excluding diaryl/α,β-unsaturated/α-hetero) is 1. The van der Waals surface area contributed by atoms with E-state index in [4.69, 9.17) is 0 Å². The molecule has 0 aromatic carbocycles. The molecule has 16 heavy (non-hydrogen) atoms. The molecule has 1 N–H and O–H groups in total. The smallest absolute Gasteiger partial charge is 0.348 e. The molecule has 92 valence electrons. The van der Waals surface area contributed by atoms with Crippen molar-refractivity contribution >= 4 is 11.7 Å². The zero-order chi connectivity index (χ0) is 12.2. The minimum Gasteiger partial charge on any atom is -0.348 e. The maximum Gasteiger partial charge on any atom is 0.471 e. The van der Waals surface area contributed by atoms with Crippen LogP contribution in [0.4, 0.5) is 13.2 Å². The van der Waals surface area contributed by atoms with Crippen LogP contribution >= 0.6 is 0 Å². The van der Waals surface area contributed by atoms with Crippen LogP contribution in [0.2, 0.25) is 0 Å². The summed E-state index contributed by atoms with van der Waals surface area (Å²) in [5.41, 5.74) is 0. The molecule has 0 unspecified atom stereocenters. The van der Waals surface area contributed by atoms with Crippen LogP contribution in [0.3, 0.4) is 0 Å². The number of ketones is 1. The topological polar surface area (TPSA) is 46.2 Å². The fraction of sp³-hybridized carbons (Fsp3) is 0.800. The monoisotopic (exact) mass is 237 g/mol. The van der Waals surface area contributed by atoms with Gasteiger partial charge in [0.05, 0.1) is 0 Å². The van der Waals surface area contributed by atoms with Crippen LogP contribution in [-0.2, 0) is 9.59 Å². The molecule has 1 rings (SSSR count). The summed E-state index contributed by atoms with van der Waals surface area (Å²) in [6, 6.07) is 0. The number of rotatable bonds is 4. The Kier molecular flexibility index (Phi) is 4.32. The standard InChI is InChI=1S/C10H14F3NO2/c11-10(12,13)9(16)14-6-5-8(15)7-3-1-2-4-7/h7H,1-6H2,(H,14,16). The first-order valence-corrected chi connectivity index (χ1v) is 5.29. The van der Waals surface area contributed by atoms with Gasteiger partial charge >= 0.3 is 12.1 Å². The molecule has 1 saturated carbocycles. The third-order valence-electron chi connectivity index (χ3n) is 2.72. The number of nitrogens with one attached hydrogen (secondary N) is 1. The average molecular weight is 237 g/mol. The van der Waals surface area contributed by atoms with Crippen LogP contribution in [0.15, 0.2) is 0 Å². The molecular weight excluding hydrogens is 223 g/mol. The van der Waals surface area contributed by atoms with E-state index in [0.29, 0.717) is 0 Å². The molecule has 0 radical (unpaired) electrons. The predicted octanol–water partition coefficient (Wildman–Crippen LogP) is 1.81. The summed E-state index contributed by atoms with van der Waals surface area (Å²) in [6.07, 6.45) is -1.21.